The number of benzene rings is 1. The topological polar surface area (TPSA) is 84.1 Å². The lowest BCUT2D eigenvalue weighted by atomic mass is 10.0. The first kappa shape index (κ1) is 19.2. The van der Waals surface area contributed by atoms with E-state index < -0.39 is 12.2 Å². The number of nitrogens with two attached hydrogens (primary N) is 1. The molecule has 27 heavy (non-hydrogen) atoms. The number of hydrogen-bond acceptors (Lipinski definition) is 5. The molecule has 6 nitrogen and oxygen atoms in total. The van der Waals surface area contributed by atoms with Crippen LogP contribution in [0, 0.1) is 12.7 Å². The minimum Gasteiger partial charge on any atom is -0.353 e. The number of hydrogen-bond donors (Lipinski definition) is 2. The molecule has 2 heterocycles. The quantitative estimate of drug-likeness (QED) is 0.835. The Bertz CT molecular complexity index is 816. The largest absolute Gasteiger partial charge is 0.353 e. The fourth-order valence-electron chi connectivity index (χ4n) is 3.12. The molecule has 2 aromatic rings. The van der Waals surface area contributed by atoms with Gasteiger partial charge in [-0.25, -0.2) is 18.7 Å². The Kier molecular flexibility index (Phi) is 5.95. The predicted molar refractivity (Wildman–Crippen MR) is 99.5 cm³/mol. The van der Waals surface area contributed by atoms with Gasteiger partial charge in [0.2, 0.25) is 5.91 Å². The van der Waals surface area contributed by atoms with Crippen molar-refractivity contribution in [2.45, 2.75) is 32.0 Å². The maximum absolute atomic E-state index is 14.5. The molecule has 0 spiro atoms. The van der Waals surface area contributed by atoms with Crippen LogP contribution in [0.1, 0.15) is 18.4 Å². The fourth-order valence-corrected chi connectivity index (χ4v) is 3.12. The van der Waals surface area contributed by atoms with E-state index in [2.05, 4.69) is 15.3 Å². The van der Waals surface area contributed by atoms with Gasteiger partial charge in [-0.2, -0.15) is 0 Å². The maximum atomic E-state index is 14.5. The summed E-state index contributed by atoms with van der Waals surface area (Å²) in [7, 11) is 0. The summed E-state index contributed by atoms with van der Waals surface area (Å²) in [5.41, 5.74) is 7.13. The summed E-state index contributed by atoms with van der Waals surface area (Å²) < 4.78 is 28.4. The molecule has 1 fully saturated rings. The molecule has 0 saturated carbocycles. The van der Waals surface area contributed by atoms with E-state index in [1.165, 1.54) is 12.4 Å². The average Bonchev–Trinajstić information content (AvgIpc) is 2.66. The number of amides is 1. The molecule has 0 bridgehead atoms. The Morgan fingerprint density at radius 3 is 2.89 bits per heavy atom. The minimum atomic E-state index is -1.21. The Labute approximate surface area is 156 Å². The summed E-state index contributed by atoms with van der Waals surface area (Å²) in [6.45, 7) is 2.60. The molecule has 3 N–H and O–H groups in total. The standard InChI is InChI=1S/C19H23F2N5O/c1-12-2-3-13(8-14(12)20)17-9-18(24-11-23-17)26-7-5-16(15(21)10-26)25-19(27)4-6-22/h2-3,8-9,11,15-16H,4-7,10,22H2,1H3,(H,25,27)/t15-,16-/m0/s1. The third kappa shape index (κ3) is 4.57. The second kappa shape index (κ2) is 8.39. The van der Waals surface area contributed by atoms with E-state index in [1.54, 1.807) is 25.1 Å². The van der Waals surface area contributed by atoms with E-state index in [0.717, 1.165) is 0 Å². The summed E-state index contributed by atoms with van der Waals surface area (Å²) in [6, 6.07) is 6.12. The van der Waals surface area contributed by atoms with E-state index in [1.807, 2.05) is 4.90 Å². The van der Waals surface area contributed by atoms with Crippen LogP contribution in [0.5, 0.6) is 0 Å². The van der Waals surface area contributed by atoms with E-state index in [4.69, 9.17) is 5.73 Å². The highest BCUT2D eigenvalue weighted by molar-refractivity contribution is 5.76. The van der Waals surface area contributed by atoms with Gasteiger partial charge in [0, 0.05) is 31.1 Å². The summed E-state index contributed by atoms with van der Waals surface area (Å²) >= 11 is 0. The normalized spacial score (nSPS) is 19.8. The van der Waals surface area contributed by atoms with Crippen LogP contribution in [-0.4, -0.2) is 47.7 Å². The number of piperidine rings is 1. The molecule has 1 aromatic carbocycles. The van der Waals surface area contributed by atoms with Gasteiger partial charge in [-0.05, 0) is 25.0 Å². The molecule has 1 amide bonds. The van der Waals surface area contributed by atoms with Crippen LogP contribution in [0.3, 0.4) is 0 Å². The Morgan fingerprint density at radius 1 is 1.37 bits per heavy atom. The SMILES string of the molecule is Cc1ccc(-c2cc(N3CC[C@H](NC(=O)CCN)[C@@H](F)C3)ncn2)cc1F. The number of alkyl halides is 1. The van der Waals surface area contributed by atoms with Crippen LogP contribution in [0.2, 0.25) is 0 Å². The average molecular weight is 375 g/mol. The first-order chi connectivity index (χ1) is 13.0. The van der Waals surface area contributed by atoms with Crippen molar-refractivity contribution in [2.24, 2.45) is 5.73 Å². The zero-order valence-corrected chi connectivity index (χ0v) is 15.2. The molecule has 0 radical (unpaired) electrons. The zero-order valence-electron chi connectivity index (χ0n) is 15.2. The van der Waals surface area contributed by atoms with Gasteiger partial charge in [0.1, 0.15) is 24.1 Å². The smallest absolute Gasteiger partial charge is 0.221 e. The van der Waals surface area contributed by atoms with Gasteiger partial charge >= 0.3 is 0 Å². The number of anilines is 1. The number of rotatable bonds is 5. The van der Waals surface area contributed by atoms with Crippen molar-refractivity contribution in [3.8, 4) is 11.3 Å². The van der Waals surface area contributed by atoms with Crippen LogP contribution in [0.25, 0.3) is 11.3 Å². The Morgan fingerprint density at radius 2 is 2.19 bits per heavy atom. The minimum absolute atomic E-state index is 0.117. The third-order valence-electron chi connectivity index (χ3n) is 4.70. The van der Waals surface area contributed by atoms with Gasteiger partial charge in [0.25, 0.3) is 0 Å². The molecule has 1 saturated heterocycles. The van der Waals surface area contributed by atoms with Gasteiger partial charge in [0.15, 0.2) is 0 Å². The zero-order chi connectivity index (χ0) is 19.4. The first-order valence-corrected chi connectivity index (χ1v) is 8.95. The maximum Gasteiger partial charge on any atom is 0.221 e. The molecule has 1 aromatic heterocycles. The third-order valence-corrected chi connectivity index (χ3v) is 4.70. The van der Waals surface area contributed by atoms with E-state index in [9.17, 15) is 13.6 Å². The van der Waals surface area contributed by atoms with Gasteiger partial charge in [0.05, 0.1) is 18.3 Å². The molecular weight excluding hydrogens is 352 g/mol. The number of carbonyl (C=O) groups is 1. The van der Waals surface area contributed by atoms with Gasteiger partial charge in [-0.1, -0.05) is 12.1 Å². The highest BCUT2D eigenvalue weighted by atomic mass is 19.1. The first-order valence-electron chi connectivity index (χ1n) is 8.95. The molecule has 2 atom stereocenters. The highest BCUT2D eigenvalue weighted by Crippen LogP contribution is 2.25. The van der Waals surface area contributed by atoms with Crippen molar-refractivity contribution in [3.05, 3.63) is 42.0 Å². The molecule has 0 unspecified atom stereocenters. The Hall–Kier alpha value is -2.61. The van der Waals surface area contributed by atoms with Crippen LogP contribution >= 0.6 is 0 Å². The molecule has 8 heteroatoms. The van der Waals surface area contributed by atoms with Crippen LogP contribution < -0.4 is 16.0 Å². The number of nitrogens with zero attached hydrogens (tertiary/aromatic N) is 3. The van der Waals surface area contributed by atoms with Crippen molar-refractivity contribution >= 4 is 11.7 Å². The van der Waals surface area contributed by atoms with Crippen LogP contribution in [0.4, 0.5) is 14.6 Å². The molecule has 1 aliphatic heterocycles. The molecule has 144 valence electrons. The van der Waals surface area contributed by atoms with Crippen molar-refractivity contribution in [2.75, 3.05) is 24.5 Å². The van der Waals surface area contributed by atoms with Crippen molar-refractivity contribution < 1.29 is 13.6 Å². The number of halogens is 2. The number of nitrogens with one attached hydrogen (secondary N) is 1. The highest BCUT2D eigenvalue weighted by Gasteiger charge is 2.31. The lowest BCUT2D eigenvalue weighted by Gasteiger charge is -2.35. The summed E-state index contributed by atoms with van der Waals surface area (Å²) in [5.74, 6) is 0.0465. The number of aromatic nitrogens is 2. The van der Waals surface area contributed by atoms with Crippen LogP contribution in [0.15, 0.2) is 30.6 Å². The lowest BCUT2D eigenvalue weighted by Crippen LogP contribution is -2.52. The Balaban J connectivity index is 1.71. The van der Waals surface area contributed by atoms with E-state index in [0.29, 0.717) is 35.6 Å². The predicted octanol–water partition coefficient (Wildman–Crippen LogP) is 1.97. The van der Waals surface area contributed by atoms with E-state index >= 15 is 0 Å². The van der Waals surface area contributed by atoms with Gasteiger partial charge in [-0.3, -0.25) is 4.79 Å². The fraction of sp³-hybridized carbons (Fsp3) is 0.421. The summed E-state index contributed by atoms with van der Waals surface area (Å²) in [4.78, 5) is 21.9. The van der Waals surface area contributed by atoms with E-state index in [-0.39, 0.29) is 31.2 Å². The van der Waals surface area contributed by atoms with Gasteiger partial charge < -0.3 is 16.0 Å². The lowest BCUT2D eigenvalue weighted by molar-refractivity contribution is -0.122. The van der Waals surface area contributed by atoms with Crippen molar-refractivity contribution in [3.63, 3.8) is 0 Å². The monoisotopic (exact) mass is 375 g/mol. The summed E-state index contributed by atoms with van der Waals surface area (Å²) in [5, 5.41) is 2.70. The van der Waals surface area contributed by atoms with Crippen molar-refractivity contribution in [1.82, 2.24) is 15.3 Å². The summed E-state index contributed by atoms with van der Waals surface area (Å²) in [6.07, 6.45) is 0.839. The molecule has 0 aliphatic carbocycles. The number of aryl methyl sites for hydroxylation is 1. The molecule has 3 rings (SSSR count). The van der Waals surface area contributed by atoms with Crippen LogP contribution in [-0.2, 0) is 4.79 Å². The second-order valence-electron chi connectivity index (χ2n) is 6.69. The number of carbonyl (C=O) groups excluding carboxylic acids is 1. The van der Waals surface area contributed by atoms with Gasteiger partial charge in [-0.15, -0.1) is 0 Å². The second-order valence-corrected chi connectivity index (χ2v) is 6.69. The van der Waals surface area contributed by atoms with Crippen molar-refractivity contribution in [1.29, 1.82) is 0 Å². The molecule has 1 aliphatic rings. The molecular formula is C19H23F2N5O.